The number of rotatable bonds is 6. The minimum Gasteiger partial charge on any atom is -0.376 e. The van der Waals surface area contributed by atoms with E-state index >= 15 is 0 Å². The molecule has 0 aliphatic rings. The Morgan fingerprint density at radius 2 is 0.964 bits per heavy atom. The molecule has 0 saturated carbocycles. The summed E-state index contributed by atoms with van der Waals surface area (Å²) in [5, 5.41) is 0. The number of benzene rings is 3. The molecule has 0 fully saturated rings. The summed E-state index contributed by atoms with van der Waals surface area (Å²) >= 11 is 0. The van der Waals surface area contributed by atoms with Crippen LogP contribution in [0.1, 0.15) is 22.6 Å². The lowest BCUT2D eigenvalue weighted by Gasteiger charge is -2.33. The summed E-state index contributed by atoms with van der Waals surface area (Å²) < 4.78 is 0. The Balaban J connectivity index is 2.33. The second-order valence-corrected chi connectivity index (χ2v) is 7.81. The van der Waals surface area contributed by atoms with Gasteiger partial charge in [-0.05, 0) is 22.8 Å². The first-order chi connectivity index (χ1) is 13.4. The first-order valence-electron chi connectivity index (χ1n) is 9.70. The summed E-state index contributed by atoms with van der Waals surface area (Å²) in [6, 6.07) is 26.1. The summed E-state index contributed by atoms with van der Waals surface area (Å²) in [6.45, 7) is 0. The summed E-state index contributed by atoms with van der Waals surface area (Å²) in [5.41, 5.74) is 7.64. The SMILES string of the molecule is CN(C)c1ccc(C(c2ccccc2)c2ccccc2)c(N(C)C)c1N(C)C. The Bertz CT molecular complexity index is 860. The monoisotopic (exact) mass is 373 g/mol. The molecule has 0 aliphatic carbocycles. The molecule has 3 nitrogen and oxygen atoms in total. The van der Waals surface area contributed by atoms with Crippen LogP contribution in [-0.2, 0) is 0 Å². The summed E-state index contributed by atoms with van der Waals surface area (Å²) in [4.78, 5) is 6.66. The highest BCUT2D eigenvalue weighted by atomic mass is 15.2. The van der Waals surface area contributed by atoms with E-state index < -0.39 is 0 Å². The van der Waals surface area contributed by atoms with Crippen LogP contribution in [0.2, 0.25) is 0 Å². The van der Waals surface area contributed by atoms with Gasteiger partial charge in [0.25, 0.3) is 0 Å². The molecule has 0 N–H and O–H groups in total. The van der Waals surface area contributed by atoms with Gasteiger partial charge in [0.1, 0.15) is 0 Å². The molecular formula is C25H31N3. The van der Waals surface area contributed by atoms with Crippen LogP contribution in [0, 0.1) is 0 Å². The summed E-state index contributed by atoms with van der Waals surface area (Å²) in [5.74, 6) is 0.176. The molecule has 146 valence electrons. The third-order valence-electron chi connectivity index (χ3n) is 5.11. The van der Waals surface area contributed by atoms with Crippen molar-refractivity contribution in [3.63, 3.8) is 0 Å². The number of hydrogen-bond donors (Lipinski definition) is 0. The van der Waals surface area contributed by atoms with Crippen molar-refractivity contribution < 1.29 is 0 Å². The zero-order valence-electron chi connectivity index (χ0n) is 17.8. The minimum atomic E-state index is 0.176. The summed E-state index contributed by atoms with van der Waals surface area (Å²) in [7, 11) is 12.7. The molecule has 28 heavy (non-hydrogen) atoms. The van der Waals surface area contributed by atoms with E-state index in [1.807, 2.05) is 0 Å². The molecule has 0 atom stereocenters. The Morgan fingerprint density at radius 3 is 1.36 bits per heavy atom. The number of hydrogen-bond acceptors (Lipinski definition) is 3. The van der Waals surface area contributed by atoms with Crippen molar-refractivity contribution in [2.45, 2.75) is 5.92 Å². The van der Waals surface area contributed by atoms with Crippen molar-refractivity contribution >= 4 is 17.1 Å². The van der Waals surface area contributed by atoms with Gasteiger partial charge in [0.15, 0.2) is 0 Å². The van der Waals surface area contributed by atoms with Crippen LogP contribution in [0.3, 0.4) is 0 Å². The van der Waals surface area contributed by atoms with E-state index in [0.717, 1.165) is 0 Å². The highest BCUT2D eigenvalue weighted by Crippen LogP contribution is 2.45. The molecule has 0 amide bonds. The van der Waals surface area contributed by atoms with Gasteiger partial charge < -0.3 is 14.7 Å². The van der Waals surface area contributed by atoms with Crippen LogP contribution in [-0.4, -0.2) is 42.3 Å². The smallest absolute Gasteiger partial charge is 0.0839 e. The van der Waals surface area contributed by atoms with Gasteiger partial charge in [-0.25, -0.2) is 0 Å². The maximum Gasteiger partial charge on any atom is 0.0839 e. The van der Waals surface area contributed by atoms with E-state index in [1.54, 1.807) is 0 Å². The Kier molecular flexibility index (Phi) is 5.93. The van der Waals surface area contributed by atoms with E-state index in [-0.39, 0.29) is 5.92 Å². The fraction of sp³-hybridized carbons (Fsp3) is 0.280. The Hall–Kier alpha value is -2.94. The molecule has 0 unspecified atom stereocenters. The quantitative estimate of drug-likeness (QED) is 0.559. The van der Waals surface area contributed by atoms with Crippen LogP contribution >= 0.6 is 0 Å². The van der Waals surface area contributed by atoms with Crippen molar-refractivity contribution in [2.24, 2.45) is 0 Å². The van der Waals surface area contributed by atoms with Gasteiger partial charge in [0, 0.05) is 48.2 Å². The average Bonchev–Trinajstić information content (AvgIpc) is 2.69. The molecule has 0 aliphatic heterocycles. The average molecular weight is 374 g/mol. The lowest BCUT2D eigenvalue weighted by Crippen LogP contribution is -2.23. The molecule has 0 aromatic heterocycles. The predicted molar refractivity (Wildman–Crippen MR) is 123 cm³/mol. The van der Waals surface area contributed by atoms with Crippen molar-refractivity contribution in [2.75, 3.05) is 57.0 Å². The first kappa shape index (κ1) is 19.8. The number of anilines is 3. The van der Waals surface area contributed by atoms with Crippen molar-refractivity contribution in [3.8, 4) is 0 Å². The molecular weight excluding hydrogens is 342 g/mol. The van der Waals surface area contributed by atoms with Gasteiger partial charge in [-0.2, -0.15) is 0 Å². The minimum absolute atomic E-state index is 0.176. The van der Waals surface area contributed by atoms with Crippen molar-refractivity contribution in [3.05, 3.63) is 89.5 Å². The Labute approximate surface area is 169 Å². The third kappa shape index (κ3) is 3.84. The molecule has 3 heteroatoms. The molecule has 0 heterocycles. The number of nitrogens with zero attached hydrogens (tertiary/aromatic N) is 3. The predicted octanol–water partition coefficient (Wildman–Crippen LogP) is 5.06. The standard InChI is InChI=1S/C25H31N3/c1-26(2)22-18-17-21(24(27(3)4)25(22)28(5)6)23(19-13-9-7-10-14-19)20-15-11-8-12-16-20/h7-18,23H,1-6H3. The van der Waals surface area contributed by atoms with E-state index in [1.165, 1.54) is 33.8 Å². The van der Waals surface area contributed by atoms with Gasteiger partial charge in [-0.15, -0.1) is 0 Å². The maximum absolute atomic E-state index is 2.29. The van der Waals surface area contributed by atoms with E-state index in [0.29, 0.717) is 0 Å². The zero-order valence-corrected chi connectivity index (χ0v) is 17.8. The molecule has 0 radical (unpaired) electrons. The Morgan fingerprint density at radius 1 is 0.500 bits per heavy atom. The largest absolute Gasteiger partial charge is 0.376 e. The normalized spacial score (nSPS) is 10.8. The van der Waals surface area contributed by atoms with Crippen molar-refractivity contribution in [1.82, 2.24) is 0 Å². The first-order valence-corrected chi connectivity index (χ1v) is 9.70. The van der Waals surface area contributed by atoms with Crippen LogP contribution < -0.4 is 14.7 Å². The highest BCUT2D eigenvalue weighted by Gasteiger charge is 2.25. The lowest BCUT2D eigenvalue weighted by molar-refractivity contribution is 0.947. The lowest BCUT2D eigenvalue weighted by atomic mass is 9.83. The van der Waals surface area contributed by atoms with Crippen LogP contribution in [0.25, 0.3) is 0 Å². The molecule has 0 spiro atoms. The fourth-order valence-electron chi connectivity index (χ4n) is 3.93. The topological polar surface area (TPSA) is 9.72 Å². The second kappa shape index (κ2) is 8.39. The third-order valence-corrected chi connectivity index (χ3v) is 5.11. The molecule has 3 rings (SSSR count). The maximum atomic E-state index is 2.29. The summed E-state index contributed by atoms with van der Waals surface area (Å²) in [6.07, 6.45) is 0. The van der Waals surface area contributed by atoms with Gasteiger partial charge >= 0.3 is 0 Å². The van der Waals surface area contributed by atoms with E-state index in [2.05, 4.69) is 130 Å². The van der Waals surface area contributed by atoms with E-state index in [9.17, 15) is 0 Å². The zero-order chi connectivity index (χ0) is 20.3. The van der Waals surface area contributed by atoms with Gasteiger partial charge in [-0.1, -0.05) is 66.7 Å². The molecule has 3 aromatic carbocycles. The van der Waals surface area contributed by atoms with Gasteiger partial charge in [-0.3, -0.25) is 0 Å². The molecule has 0 saturated heterocycles. The van der Waals surface area contributed by atoms with Crippen LogP contribution in [0.15, 0.2) is 72.8 Å². The van der Waals surface area contributed by atoms with Crippen LogP contribution in [0.4, 0.5) is 17.1 Å². The van der Waals surface area contributed by atoms with Crippen molar-refractivity contribution in [1.29, 1.82) is 0 Å². The van der Waals surface area contributed by atoms with Gasteiger partial charge in [0.2, 0.25) is 0 Å². The van der Waals surface area contributed by atoms with Crippen LogP contribution in [0.5, 0.6) is 0 Å². The highest BCUT2D eigenvalue weighted by molar-refractivity contribution is 5.87. The van der Waals surface area contributed by atoms with E-state index in [4.69, 9.17) is 0 Å². The fourth-order valence-corrected chi connectivity index (χ4v) is 3.93. The molecule has 0 bridgehead atoms. The second-order valence-electron chi connectivity index (χ2n) is 7.81. The van der Waals surface area contributed by atoms with Gasteiger partial charge in [0.05, 0.1) is 17.1 Å². The molecule has 3 aromatic rings.